The molecule has 0 atom stereocenters. The van der Waals surface area contributed by atoms with Gasteiger partial charge in [-0.15, -0.1) is 0 Å². The molecule has 2 aromatic rings. The Morgan fingerprint density at radius 1 is 1.45 bits per heavy atom. The number of rotatable bonds is 5. The third-order valence-corrected chi connectivity index (χ3v) is 2.43. The van der Waals surface area contributed by atoms with Crippen molar-refractivity contribution in [2.45, 2.75) is 20.8 Å². The van der Waals surface area contributed by atoms with Gasteiger partial charge in [0, 0.05) is 18.8 Å². The van der Waals surface area contributed by atoms with Crippen LogP contribution in [0.25, 0.3) is 0 Å². The molecule has 0 saturated heterocycles. The second-order valence-corrected chi connectivity index (χ2v) is 4.82. The monoisotopic (exact) mass is 275 g/mol. The van der Waals surface area contributed by atoms with Crippen LogP contribution in [-0.4, -0.2) is 27.6 Å². The third kappa shape index (κ3) is 3.78. The molecule has 2 heterocycles. The number of amides is 1. The van der Waals surface area contributed by atoms with Gasteiger partial charge >= 0.3 is 0 Å². The maximum Gasteiger partial charge on any atom is 0.270 e. The summed E-state index contributed by atoms with van der Waals surface area (Å²) in [5.41, 5.74) is 0.309. The molecule has 7 heteroatoms. The number of nitrogens with zero attached hydrogens (tertiary/aromatic N) is 3. The van der Waals surface area contributed by atoms with Gasteiger partial charge in [0.15, 0.2) is 5.82 Å². The fourth-order valence-electron chi connectivity index (χ4n) is 1.47. The zero-order valence-corrected chi connectivity index (χ0v) is 11.7. The van der Waals surface area contributed by atoms with Crippen LogP contribution < -0.4 is 10.6 Å². The number of aryl methyl sites for hydroxylation is 1. The smallest absolute Gasteiger partial charge is 0.270 e. The Hall–Kier alpha value is -2.44. The Bertz CT molecular complexity index is 594. The molecule has 1 amide bonds. The van der Waals surface area contributed by atoms with Gasteiger partial charge in [-0.3, -0.25) is 4.79 Å². The fourth-order valence-corrected chi connectivity index (χ4v) is 1.47. The van der Waals surface area contributed by atoms with Crippen molar-refractivity contribution in [2.24, 2.45) is 5.92 Å². The van der Waals surface area contributed by atoms with E-state index in [1.165, 1.54) is 6.20 Å². The van der Waals surface area contributed by atoms with Gasteiger partial charge in [-0.05, 0) is 18.9 Å². The van der Waals surface area contributed by atoms with E-state index in [1.54, 1.807) is 19.1 Å². The lowest BCUT2D eigenvalue weighted by atomic mass is 10.2. The predicted octanol–water partition coefficient (Wildman–Crippen LogP) is 1.90. The van der Waals surface area contributed by atoms with E-state index < -0.39 is 0 Å². The molecule has 0 spiro atoms. The summed E-state index contributed by atoms with van der Waals surface area (Å²) in [7, 11) is 0. The van der Waals surface area contributed by atoms with Crippen molar-refractivity contribution in [1.29, 1.82) is 0 Å². The Balaban J connectivity index is 2.05. The van der Waals surface area contributed by atoms with Crippen molar-refractivity contribution < 1.29 is 9.32 Å². The zero-order valence-electron chi connectivity index (χ0n) is 11.7. The first-order valence-electron chi connectivity index (χ1n) is 6.36. The van der Waals surface area contributed by atoms with E-state index in [2.05, 4.69) is 25.8 Å². The van der Waals surface area contributed by atoms with Crippen LogP contribution in [0.5, 0.6) is 0 Å². The number of anilines is 2. The maximum absolute atomic E-state index is 11.9. The largest absolute Gasteiger partial charge is 0.360 e. The maximum atomic E-state index is 11.9. The van der Waals surface area contributed by atoms with Crippen molar-refractivity contribution >= 4 is 17.7 Å². The first-order valence-corrected chi connectivity index (χ1v) is 6.36. The van der Waals surface area contributed by atoms with E-state index in [-0.39, 0.29) is 5.91 Å². The minimum Gasteiger partial charge on any atom is -0.360 e. The van der Waals surface area contributed by atoms with E-state index >= 15 is 0 Å². The standard InChI is InChI=1S/C13H17N5O2/c1-8(2)7-15-12(19)10-4-5-14-13(16-10)17-11-6-9(3)20-18-11/h4-6,8H,7H2,1-3H3,(H,15,19)(H,14,16,17,18). The Morgan fingerprint density at radius 2 is 2.25 bits per heavy atom. The molecule has 0 aliphatic rings. The second-order valence-electron chi connectivity index (χ2n) is 4.82. The number of hydrogen-bond acceptors (Lipinski definition) is 6. The molecule has 0 aromatic carbocycles. The summed E-state index contributed by atoms with van der Waals surface area (Å²) in [4.78, 5) is 20.1. The summed E-state index contributed by atoms with van der Waals surface area (Å²) < 4.78 is 4.93. The summed E-state index contributed by atoms with van der Waals surface area (Å²) in [6.45, 7) is 6.45. The molecule has 0 bridgehead atoms. The highest BCUT2D eigenvalue weighted by Crippen LogP contribution is 2.12. The number of aromatic nitrogens is 3. The van der Waals surface area contributed by atoms with E-state index in [9.17, 15) is 4.79 Å². The molecule has 0 aliphatic heterocycles. The van der Waals surface area contributed by atoms with Crippen LogP contribution >= 0.6 is 0 Å². The highest BCUT2D eigenvalue weighted by atomic mass is 16.5. The highest BCUT2D eigenvalue weighted by Gasteiger charge is 2.10. The molecule has 2 aromatic heterocycles. The lowest BCUT2D eigenvalue weighted by molar-refractivity contribution is 0.0944. The quantitative estimate of drug-likeness (QED) is 0.865. The van der Waals surface area contributed by atoms with Gasteiger partial charge < -0.3 is 15.2 Å². The lowest BCUT2D eigenvalue weighted by Gasteiger charge is -2.07. The van der Waals surface area contributed by atoms with Crippen LogP contribution in [0.15, 0.2) is 22.9 Å². The van der Waals surface area contributed by atoms with Crippen LogP contribution in [0.3, 0.4) is 0 Å². The predicted molar refractivity (Wildman–Crippen MR) is 73.7 cm³/mol. The molecular formula is C13H17N5O2. The SMILES string of the molecule is Cc1cc(Nc2nccc(C(=O)NCC(C)C)n2)no1. The molecule has 0 unspecified atom stereocenters. The van der Waals surface area contributed by atoms with Crippen LogP contribution in [0, 0.1) is 12.8 Å². The molecule has 2 N–H and O–H groups in total. The molecule has 0 saturated carbocycles. The van der Waals surface area contributed by atoms with Crippen LogP contribution in [0.4, 0.5) is 11.8 Å². The van der Waals surface area contributed by atoms with Crippen LogP contribution in [0.2, 0.25) is 0 Å². The highest BCUT2D eigenvalue weighted by molar-refractivity contribution is 5.92. The van der Waals surface area contributed by atoms with Gasteiger partial charge in [0.2, 0.25) is 5.95 Å². The molecule has 0 radical (unpaired) electrons. The Labute approximate surface area is 116 Å². The molecule has 20 heavy (non-hydrogen) atoms. The van der Waals surface area contributed by atoms with E-state index in [4.69, 9.17) is 4.52 Å². The van der Waals surface area contributed by atoms with Crippen LogP contribution in [-0.2, 0) is 0 Å². The first kappa shape index (κ1) is 14.0. The minimum atomic E-state index is -0.222. The molecule has 106 valence electrons. The molecular weight excluding hydrogens is 258 g/mol. The third-order valence-electron chi connectivity index (χ3n) is 2.43. The first-order chi connectivity index (χ1) is 9.54. The van der Waals surface area contributed by atoms with Gasteiger partial charge in [-0.2, -0.15) is 0 Å². The van der Waals surface area contributed by atoms with Crippen molar-refractivity contribution in [3.05, 3.63) is 29.8 Å². The average molecular weight is 275 g/mol. The minimum absolute atomic E-state index is 0.222. The van der Waals surface area contributed by atoms with Crippen LogP contribution in [0.1, 0.15) is 30.1 Å². The van der Waals surface area contributed by atoms with Crippen molar-refractivity contribution in [3.8, 4) is 0 Å². The van der Waals surface area contributed by atoms with E-state index in [0.29, 0.717) is 35.7 Å². The fraction of sp³-hybridized carbons (Fsp3) is 0.385. The summed E-state index contributed by atoms with van der Waals surface area (Å²) in [5.74, 6) is 1.65. The summed E-state index contributed by atoms with van der Waals surface area (Å²) in [5, 5.41) is 9.46. The number of hydrogen-bond donors (Lipinski definition) is 2. The van der Waals surface area contributed by atoms with Gasteiger partial charge in [0.25, 0.3) is 5.91 Å². The molecule has 7 nitrogen and oxygen atoms in total. The number of nitrogens with one attached hydrogen (secondary N) is 2. The number of carbonyl (C=O) groups excluding carboxylic acids is 1. The number of carbonyl (C=O) groups is 1. The second kappa shape index (κ2) is 6.14. The van der Waals surface area contributed by atoms with E-state index in [1.807, 2.05) is 13.8 Å². The van der Waals surface area contributed by atoms with Gasteiger partial charge in [-0.25, -0.2) is 9.97 Å². The summed E-state index contributed by atoms with van der Waals surface area (Å²) in [6.07, 6.45) is 1.52. The molecule has 0 fully saturated rings. The van der Waals surface area contributed by atoms with Crippen molar-refractivity contribution in [1.82, 2.24) is 20.4 Å². The van der Waals surface area contributed by atoms with Gasteiger partial charge in [0.05, 0.1) is 0 Å². The summed E-state index contributed by atoms with van der Waals surface area (Å²) >= 11 is 0. The Morgan fingerprint density at radius 3 is 2.90 bits per heavy atom. The normalized spacial score (nSPS) is 10.6. The van der Waals surface area contributed by atoms with Gasteiger partial charge in [-0.1, -0.05) is 19.0 Å². The van der Waals surface area contributed by atoms with E-state index in [0.717, 1.165) is 0 Å². The topological polar surface area (TPSA) is 92.9 Å². The molecule has 2 rings (SSSR count). The summed E-state index contributed by atoms with van der Waals surface area (Å²) in [6, 6.07) is 3.28. The van der Waals surface area contributed by atoms with Gasteiger partial charge in [0.1, 0.15) is 11.5 Å². The van der Waals surface area contributed by atoms with Crippen molar-refractivity contribution in [3.63, 3.8) is 0 Å². The zero-order chi connectivity index (χ0) is 14.5. The van der Waals surface area contributed by atoms with Crippen molar-refractivity contribution in [2.75, 3.05) is 11.9 Å². The average Bonchev–Trinajstić information content (AvgIpc) is 2.81. The Kier molecular flexibility index (Phi) is 4.29. The lowest BCUT2D eigenvalue weighted by Crippen LogP contribution is -2.28. The molecule has 0 aliphatic carbocycles.